The molecule has 0 fully saturated rings. The molecule has 0 unspecified atom stereocenters. The first-order valence-electron chi connectivity index (χ1n) is 8.34. The molecule has 0 aliphatic rings. The maximum Gasteiger partial charge on any atom is 0.272 e. The fourth-order valence-corrected chi connectivity index (χ4v) is 2.35. The van der Waals surface area contributed by atoms with Gasteiger partial charge in [-0.2, -0.15) is 5.10 Å². The number of aromatic nitrogens is 1. The topological polar surface area (TPSA) is 72.8 Å². The fourth-order valence-electron chi connectivity index (χ4n) is 2.35. The standard InChI is InChI=1S/C21H19N3O3/c1-26-19-10-9-17(12-20(19)27-15-16-6-3-2-4-7-16)13-23-24-21(25)18-8-5-11-22-14-18/h2-14H,15H2,1H3,(H,24,25)/b23-13+. The van der Waals surface area contributed by atoms with Gasteiger partial charge in [-0.3, -0.25) is 9.78 Å². The highest BCUT2D eigenvalue weighted by Gasteiger charge is 2.06. The number of nitrogens with one attached hydrogen (secondary N) is 1. The lowest BCUT2D eigenvalue weighted by Crippen LogP contribution is -2.17. The lowest BCUT2D eigenvalue weighted by Gasteiger charge is -2.11. The zero-order chi connectivity index (χ0) is 18.9. The lowest BCUT2D eigenvalue weighted by atomic mass is 10.2. The number of nitrogens with zero attached hydrogens (tertiary/aromatic N) is 2. The van der Waals surface area contributed by atoms with Gasteiger partial charge in [0.1, 0.15) is 6.61 Å². The fraction of sp³-hybridized carbons (Fsp3) is 0.0952. The highest BCUT2D eigenvalue weighted by Crippen LogP contribution is 2.28. The van der Waals surface area contributed by atoms with Crippen molar-refractivity contribution in [2.75, 3.05) is 7.11 Å². The average molecular weight is 361 g/mol. The molecule has 0 aliphatic carbocycles. The van der Waals surface area contributed by atoms with Gasteiger partial charge in [0, 0.05) is 12.4 Å². The monoisotopic (exact) mass is 361 g/mol. The predicted octanol–water partition coefficient (Wildman–Crippen LogP) is 3.43. The van der Waals surface area contributed by atoms with Crippen LogP contribution >= 0.6 is 0 Å². The predicted molar refractivity (Wildman–Crippen MR) is 103 cm³/mol. The number of hydrazone groups is 1. The first-order chi connectivity index (χ1) is 13.3. The summed E-state index contributed by atoms with van der Waals surface area (Å²) in [7, 11) is 1.59. The van der Waals surface area contributed by atoms with Gasteiger partial charge in [-0.05, 0) is 41.5 Å². The van der Waals surface area contributed by atoms with E-state index in [1.165, 1.54) is 6.20 Å². The van der Waals surface area contributed by atoms with Crippen molar-refractivity contribution in [2.45, 2.75) is 6.61 Å². The van der Waals surface area contributed by atoms with E-state index in [1.54, 1.807) is 37.7 Å². The molecule has 0 bridgehead atoms. The minimum Gasteiger partial charge on any atom is -0.493 e. The number of hydrogen-bond acceptors (Lipinski definition) is 5. The van der Waals surface area contributed by atoms with Crippen molar-refractivity contribution in [3.63, 3.8) is 0 Å². The normalized spacial score (nSPS) is 10.6. The number of carbonyl (C=O) groups is 1. The largest absolute Gasteiger partial charge is 0.493 e. The Morgan fingerprint density at radius 1 is 1.11 bits per heavy atom. The summed E-state index contributed by atoms with van der Waals surface area (Å²) >= 11 is 0. The second kappa shape index (κ2) is 9.15. The summed E-state index contributed by atoms with van der Waals surface area (Å²) in [5.74, 6) is 0.903. The molecule has 6 heteroatoms. The van der Waals surface area contributed by atoms with E-state index in [4.69, 9.17) is 9.47 Å². The molecule has 1 N–H and O–H groups in total. The molecule has 1 amide bonds. The molecule has 1 aromatic heterocycles. The van der Waals surface area contributed by atoms with E-state index in [9.17, 15) is 4.79 Å². The van der Waals surface area contributed by atoms with E-state index in [0.29, 0.717) is 23.7 Å². The molecule has 3 rings (SSSR count). The zero-order valence-electron chi connectivity index (χ0n) is 14.8. The molecular weight excluding hydrogens is 342 g/mol. The molecule has 0 radical (unpaired) electrons. The van der Waals surface area contributed by atoms with E-state index in [0.717, 1.165) is 11.1 Å². The number of rotatable bonds is 7. The Kier molecular flexibility index (Phi) is 6.14. The molecule has 0 spiro atoms. The van der Waals surface area contributed by atoms with E-state index in [2.05, 4.69) is 15.5 Å². The highest BCUT2D eigenvalue weighted by atomic mass is 16.5. The summed E-state index contributed by atoms with van der Waals surface area (Å²) < 4.78 is 11.2. The van der Waals surface area contributed by atoms with Crippen molar-refractivity contribution < 1.29 is 14.3 Å². The number of pyridine rings is 1. The van der Waals surface area contributed by atoms with Crippen LogP contribution in [0.3, 0.4) is 0 Å². The van der Waals surface area contributed by atoms with Crippen LogP contribution in [0, 0.1) is 0 Å². The summed E-state index contributed by atoms with van der Waals surface area (Å²) in [6, 6.07) is 18.7. The van der Waals surface area contributed by atoms with Gasteiger partial charge in [0.25, 0.3) is 5.91 Å². The molecule has 0 atom stereocenters. The van der Waals surface area contributed by atoms with Gasteiger partial charge in [-0.25, -0.2) is 5.43 Å². The second-order valence-corrected chi connectivity index (χ2v) is 5.63. The number of amides is 1. The van der Waals surface area contributed by atoms with E-state index < -0.39 is 0 Å². The molecule has 6 nitrogen and oxygen atoms in total. The third kappa shape index (κ3) is 5.15. The summed E-state index contributed by atoms with van der Waals surface area (Å²) in [6.45, 7) is 0.426. The maximum absolute atomic E-state index is 12.0. The van der Waals surface area contributed by atoms with Gasteiger partial charge < -0.3 is 9.47 Å². The smallest absolute Gasteiger partial charge is 0.272 e. The van der Waals surface area contributed by atoms with Gasteiger partial charge in [0.2, 0.25) is 0 Å². The van der Waals surface area contributed by atoms with Gasteiger partial charge in [-0.1, -0.05) is 30.3 Å². The SMILES string of the molecule is COc1ccc(/C=N/NC(=O)c2cccnc2)cc1OCc1ccccc1. The van der Waals surface area contributed by atoms with Crippen molar-refractivity contribution in [3.8, 4) is 11.5 Å². The Hall–Kier alpha value is -3.67. The van der Waals surface area contributed by atoms with Crippen LogP contribution in [0.25, 0.3) is 0 Å². The Morgan fingerprint density at radius 2 is 1.96 bits per heavy atom. The Morgan fingerprint density at radius 3 is 2.70 bits per heavy atom. The van der Waals surface area contributed by atoms with Crippen LogP contribution in [0.2, 0.25) is 0 Å². The van der Waals surface area contributed by atoms with Crippen molar-refractivity contribution in [2.24, 2.45) is 5.10 Å². The van der Waals surface area contributed by atoms with Crippen LogP contribution < -0.4 is 14.9 Å². The number of carbonyl (C=O) groups excluding carboxylic acids is 1. The Balaban J connectivity index is 1.66. The minimum absolute atomic E-state index is 0.326. The van der Waals surface area contributed by atoms with Crippen molar-refractivity contribution >= 4 is 12.1 Å². The lowest BCUT2D eigenvalue weighted by molar-refractivity contribution is 0.0955. The van der Waals surface area contributed by atoms with E-state index in [-0.39, 0.29) is 5.91 Å². The van der Waals surface area contributed by atoms with Gasteiger partial charge in [0.05, 0.1) is 18.9 Å². The molecule has 27 heavy (non-hydrogen) atoms. The summed E-state index contributed by atoms with van der Waals surface area (Å²) in [5, 5.41) is 3.98. The second-order valence-electron chi connectivity index (χ2n) is 5.63. The number of benzene rings is 2. The van der Waals surface area contributed by atoms with Crippen LogP contribution in [-0.4, -0.2) is 24.2 Å². The van der Waals surface area contributed by atoms with Crippen LogP contribution in [-0.2, 0) is 6.61 Å². The maximum atomic E-state index is 12.0. The van der Waals surface area contributed by atoms with Gasteiger partial charge >= 0.3 is 0 Å². The van der Waals surface area contributed by atoms with Crippen molar-refractivity contribution in [1.29, 1.82) is 0 Å². The van der Waals surface area contributed by atoms with Crippen LogP contribution in [0.1, 0.15) is 21.5 Å². The number of hydrogen-bond donors (Lipinski definition) is 1. The Bertz CT molecular complexity index is 912. The number of methoxy groups -OCH3 is 1. The van der Waals surface area contributed by atoms with Crippen LogP contribution in [0.4, 0.5) is 0 Å². The third-order valence-corrected chi connectivity index (χ3v) is 3.73. The highest BCUT2D eigenvalue weighted by molar-refractivity contribution is 5.94. The average Bonchev–Trinajstić information content (AvgIpc) is 2.73. The third-order valence-electron chi connectivity index (χ3n) is 3.73. The van der Waals surface area contributed by atoms with Crippen molar-refractivity contribution in [3.05, 3.63) is 89.7 Å². The molecule has 136 valence electrons. The molecule has 0 saturated carbocycles. The van der Waals surface area contributed by atoms with E-state index >= 15 is 0 Å². The number of ether oxygens (including phenoxy) is 2. The van der Waals surface area contributed by atoms with Crippen molar-refractivity contribution in [1.82, 2.24) is 10.4 Å². The zero-order valence-corrected chi connectivity index (χ0v) is 14.8. The first kappa shape index (κ1) is 18.1. The quantitative estimate of drug-likeness (QED) is 0.517. The van der Waals surface area contributed by atoms with Crippen LogP contribution in [0.15, 0.2) is 78.2 Å². The molecule has 0 saturated heterocycles. The molecular formula is C21H19N3O3. The van der Waals surface area contributed by atoms with Crippen LogP contribution in [0.5, 0.6) is 11.5 Å². The minimum atomic E-state index is -0.326. The molecule has 3 aromatic rings. The summed E-state index contributed by atoms with van der Waals surface area (Å²) in [6.07, 6.45) is 4.63. The van der Waals surface area contributed by atoms with Gasteiger partial charge in [0.15, 0.2) is 11.5 Å². The molecule has 2 aromatic carbocycles. The van der Waals surface area contributed by atoms with Gasteiger partial charge in [-0.15, -0.1) is 0 Å². The summed E-state index contributed by atoms with van der Waals surface area (Å²) in [5.41, 5.74) is 4.74. The Labute approximate surface area is 157 Å². The molecule has 0 aliphatic heterocycles. The molecule has 1 heterocycles. The first-order valence-corrected chi connectivity index (χ1v) is 8.34. The summed E-state index contributed by atoms with van der Waals surface area (Å²) in [4.78, 5) is 15.9. The van der Waals surface area contributed by atoms with E-state index in [1.807, 2.05) is 42.5 Å².